The zero-order chi connectivity index (χ0) is 27.0. The highest BCUT2D eigenvalue weighted by Crippen LogP contribution is 2.49. The molecule has 0 atom stereocenters. The molecule has 0 aliphatic carbocycles. The van der Waals surface area contributed by atoms with Crippen LogP contribution in [-0.2, 0) is 29.3 Å². The Kier molecular flexibility index (Phi) is 9.25. The molecule has 1 heterocycles. The first-order valence-electron chi connectivity index (χ1n) is 12.4. The number of ether oxygens (including phenoxy) is 8. The molecule has 204 valence electrons. The maximum atomic E-state index is 6.92. The molecule has 0 amide bonds. The molecule has 1 fully saturated rings. The van der Waals surface area contributed by atoms with Crippen molar-refractivity contribution < 1.29 is 37.9 Å². The first-order valence-corrected chi connectivity index (χ1v) is 12.4. The minimum atomic E-state index is -1.28. The molecule has 1 aliphatic heterocycles. The molecule has 1 saturated heterocycles. The molecule has 38 heavy (non-hydrogen) atoms. The average Bonchev–Trinajstić information content (AvgIpc) is 2.95. The fourth-order valence-corrected chi connectivity index (χ4v) is 4.38. The quantitative estimate of drug-likeness (QED) is 0.233. The first-order chi connectivity index (χ1) is 18.4. The van der Waals surface area contributed by atoms with Crippen molar-refractivity contribution in [1.29, 1.82) is 0 Å². The van der Waals surface area contributed by atoms with E-state index in [1.807, 2.05) is 72.8 Å². The monoisotopic (exact) mass is 524 g/mol. The molecule has 3 aromatic carbocycles. The summed E-state index contributed by atoms with van der Waals surface area (Å²) in [5.74, 6) is 1.85. The van der Waals surface area contributed by atoms with Crippen molar-refractivity contribution in [2.24, 2.45) is 5.41 Å². The number of benzene rings is 3. The lowest BCUT2D eigenvalue weighted by Gasteiger charge is -2.42. The van der Waals surface area contributed by atoms with Gasteiger partial charge in [0.2, 0.25) is 0 Å². The van der Waals surface area contributed by atoms with Crippen LogP contribution in [0.4, 0.5) is 0 Å². The lowest BCUT2D eigenvalue weighted by molar-refractivity contribution is -0.356. The summed E-state index contributed by atoms with van der Waals surface area (Å²) in [7, 11) is 4.79. The topological polar surface area (TPSA) is 73.8 Å². The Morgan fingerprint density at radius 3 is 1.71 bits per heavy atom. The summed E-state index contributed by atoms with van der Waals surface area (Å²) in [6.45, 7) is 4.27. The number of para-hydroxylation sites is 2. The summed E-state index contributed by atoms with van der Waals surface area (Å²) in [6, 6.07) is 23.0. The van der Waals surface area contributed by atoms with Gasteiger partial charge in [-0.1, -0.05) is 62.4 Å². The summed E-state index contributed by atoms with van der Waals surface area (Å²) in [5.41, 5.74) is 0.798. The number of hydrogen-bond donors (Lipinski definition) is 0. The maximum Gasteiger partial charge on any atom is 0.273 e. The minimum absolute atomic E-state index is 0.0577. The Labute approximate surface area is 224 Å². The van der Waals surface area contributed by atoms with E-state index in [0.717, 1.165) is 5.56 Å². The van der Waals surface area contributed by atoms with E-state index in [9.17, 15) is 0 Å². The molecule has 0 aromatic heterocycles. The van der Waals surface area contributed by atoms with Crippen molar-refractivity contribution in [3.8, 4) is 17.2 Å². The van der Waals surface area contributed by atoms with Crippen molar-refractivity contribution in [2.45, 2.75) is 25.9 Å². The van der Waals surface area contributed by atoms with E-state index in [4.69, 9.17) is 37.9 Å². The van der Waals surface area contributed by atoms with Crippen LogP contribution in [0.25, 0.3) is 0 Å². The summed E-state index contributed by atoms with van der Waals surface area (Å²) in [4.78, 5) is 0. The van der Waals surface area contributed by atoms with E-state index >= 15 is 0 Å². The number of methoxy groups -OCH3 is 3. The maximum absolute atomic E-state index is 6.92. The van der Waals surface area contributed by atoms with Crippen LogP contribution < -0.4 is 14.2 Å². The van der Waals surface area contributed by atoms with Crippen LogP contribution in [0.3, 0.4) is 0 Å². The van der Waals surface area contributed by atoms with Crippen molar-refractivity contribution in [1.82, 2.24) is 0 Å². The molecule has 4 rings (SSSR count). The highest BCUT2D eigenvalue weighted by atomic mass is 16.9. The summed E-state index contributed by atoms with van der Waals surface area (Å²) in [5, 5.41) is 0. The van der Waals surface area contributed by atoms with Crippen LogP contribution in [0, 0.1) is 5.41 Å². The molecule has 1 aliphatic rings. The molecule has 0 N–H and O–H groups in total. The van der Waals surface area contributed by atoms with Crippen molar-refractivity contribution >= 4 is 0 Å². The third-order valence-corrected chi connectivity index (χ3v) is 6.19. The van der Waals surface area contributed by atoms with Crippen LogP contribution in [0.1, 0.15) is 30.5 Å². The van der Waals surface area contributed by atoms with Gasteiger partial charge in [-0.25, -0.2) is 0 Å². The van der Waals surface area contributed by atoms with Gasteiger partial charge in [-0.05, 0) is 29.8 Å². The molecule has 3 aromatic rings. The molecule has 0 radical (unpaired) electrons. The first kappa shape index (κ1) is 27.9. The van der Waals surface area contributed by atoms with Gasteiger partial charge in [-0.15, -0.1) is 0 Å². The lowest BCUT2D eigenvalue weighted by Crippen LogP contribution is -2.45. The van der Waals surface area contributed by atoms with Gasteiger partial charge in [0.1, 0.15) is 17.2 Å². The smallest absolute Gasteiger partial charge is 0.273 e. The highest BCUT2D eigenvalue weighted by Gasteiger charge is 2.46. The van der Waals surface area contributed by atoms with E-state index in [-0.39, 0.29) is 19.0 Å². The normalized spacial score (nSPS) is 15.7. The van der Waals surface area contributed by atoms with Gasteiger partial charge in [-0.2, -0.15) is 0 Å². The fourth-order valence-electron chi connectivity index (χ4n) is 4.38. The van der Waals surface area contributed by atoms with E-state index in [1.165, 1.54) is 0 Å². The van der Waals surface area contributed by atoms with E-state index in [0.29, 0.717) is 41.6 Å². The van der Waals surface area contributed by atoms with Gasteiger partial charge in [0.05, 0.1) is 20.3 Å². The predicted molar refractivity (Wildman–Crippen MR) is 141 cm³/mol. The van der Waals surface area contributed by atoms with Gasteiger partial charge < -0.3 is 37.9 Å². The molecular weight excluding hydrogens is 488 g/mol. The van der Waals surface area contributed by atoms with Gasteiger partial charge in [0.15, 0.2) is 19.2 Å². The Morgan fingerprint density at radius 2 is 1.24 bits per heavy atom. The molecule has 0 unspecified atom stereocenters. The van der Waals surface area contributed by atoms with Crippen molar-refractivity contribution in [2.75, 3.05) is 48.1 Å². The van der Waals surface area contributed by atoms with E-state index in [1.54, 1.807) is 21.3 Å². The number of hydrogen-bond acceptors (Lipinski definition) is 8. The molecule has 8 nitrogen and oxygen atoms in total. The second-order valence-corrected chi connectivity index (χ2v) is 9.70. The van der Waals surface area contributed by atoms with Crippen LogP contribution in [0.5, 0.6) is 17.2 Å². The average molecular weight is 525 g/mol. The largest absolute Gasteiger partial charge is 0.497 e. The van der Waals surface area contributed by atoms with E-state index in [2.05, 4.69) is 13.8 Å². The zero-order valence-corrected chi connectivity index (χ0v) is 22.6. The van der Waals surface area contributed by atoms with Crippen LogP contribution in [0.15, 0.2) is 72.8 Å². The lowest BCUT2D eigenvalue weighted by atomic mass is 9.79. The van der Waals surface area contributed by atoms with Crippen LogP contribution >= 0.6 is 0 Å². The molecule has 0 spiro atoms. The van der Waals surface area contributed by atoms with Crippen molar-refractivity contribution in [3.05, 3.63) is 89.5 Å². The third kappa shape index (κ3) is 6.11. The van der Waals surface area contributed by atoms with E-state index < -0.39 is 12.1 Å². The molecule has 0 bridgehead atoms. The zero-order valence-electron chi connectivity index (χ0n) is 22.6. The Balaban J connectivity index is 1.97. The van der Waals surface area contributed by atoms with Gasteiger partial charge in [0.25, 0.3) is 6.48 Å². The second-order valence-electron chi connectivity index (χ2n) is 9.70. The Morgan fingerprint density at radius 1 is 0.737 bits per heavy atom. The standard InChI is InChI=1S/C30H36O8/c1-29(2)18-34-28(35-19-29)38-30(22-14-16-23(33-5)17-15-22,24-10-6-8-12-26(24)36-20-31-3)25-11-7-9-13-27(25)37-21-32-4/h6-17,28H,18-21H2,1-5H3. The van der Waals surface area contributed by atoms with Crippen LogP contribution in [0.2, 0.25) is 0 Å². The predicted octanol–water partition coefficient (Wildman–Crippen LogP) is 5.33. The van der Waals surface area contributed by atoms with Gasteiger partial charge in [0, 0.05) is 30.8 Å². The number of rotatable bonds is 12. The highest BCUT2D eigenvalue weighted by molar-refractivity contribution is 5.57. The van der Waals surface area contributed by atoms with Crippen molar-refractivity contribution in [3.63, 3.8) is 0 Å². The Bertz CT molecular complexity index is 1100. The SMILES string of the molecule is COCOc1ccccc1C(OC1OCC(C)(C)CO1)(c1ccc(OC)cc1)c1ccccc1OCOC. The second kappa shape index (κ2) is 12.6. The summed E-state index contributed by atoms with van der Waals surface area (Å²) < 4.78 is 47.1. The minimum Gasteiger partial charge on any atom is -0.497 e. The van der Waals surface area contributed by atoms with Gasteiger partial charge in [-0.3, -0.25) is 0 Å². The molecular formula is C30H36O8. The summed E-state index contributed by atoms with van der Waals surface area (Å²) >= 11 is 0. The van der Waals surface area contributed by atoms with Gasteiger partial charge >= 0.3 is 0 Å². The molecule has 0 saturated carbocycles. The summed E-state index contributed by atoms with van der Waals surface area (Å²) in [6.07, 6.45) is 0. The van der Waals surface area contributed by atoms with Crippen LogP contribution in [-0.4, -0.2) is 54.6 Å². The Hall–Kier alpha value is -3.14. The molecule has 8 heteroatoms. The fraction of sp³-hybridized carbons (Fsp3) is 0.400. The third-order valence-electron chi connectivity index (χ3n) is 6.19.